The third-order valence-electron chi connectivity index (χ3n) is 2.33. The molecule has 1 fully saturated rings. The van der Waals surface area contributed by atoms with Crippen molar-refractivity contribution in [2.45, 2.75) is 25.7 Å². The lowest BCUT2D eigenvalue weighted by Crippen LogP contribution is -2.13. The summed E-state index contributed by atoms with van der Waals surface area (Å²) in [5.41, 5.74) is 1.83. The molecule has 0 bridgehead atoms. The van der Waals surface area contributed by atoms with Crippen molar-refractivity contribution in [2.75, 3.05) is 0 Å². The fraction of sp³-hybridized carbons (Fsp3) is 0.400. The molecule has 0 aromatic carbocycles. The summed E-state index contributed by atoms with van der Waals surface area (Å²) in [5.74, 6) is 0.454. The number of aryl methyl sites for hydroxylation is 1. The predicted octanol–water partition coefficient (Wildman–Crippen LogP) is 1.43. The van der Waals surface area contributed by atoms with Crippen LogP contribution < -0.4 is 5.56 Å². The molecule has 66 valence electrons. The molecule has 0 spiro atoms. The number of nitriles is 1. The lowest BCUT2D eigenvalue weighted by Gasteiger charge is -2.01. The minimum atomic E-state index is -0.246. The highest BCUT2D eigenvalue weighted by Crippen LogP contribution is 2.40. The number of nitrogens with one attached hydrogen (secondary N) is 1. The molecular formula is C10H10N2O. The summed E-state index contributed by atoms with van der Waals surface area (Å²) in [6.45, 7) is 1.84. The highest BCUT2D eigenvalue weighted by atomic mass is 16.1. The van der Waals surface area contributed by atoms with Crippen LogP contribution in [0.5, 0.6) is 0 Å². The molecule has 0 aliphatic heterocycles. The Bertz CT molecular complexity index is 435. The summed E-state index contributed by atoms with van der Waals surface area (Å²) in [5, 5.41) is 8.80. The summed E-state index contributed by atoms with van der Waals surface area (Å²) in [6.07, 6.45) is 2.22. The Balaban J connectivity index is 2.65. The number of hydrogen-bond acceptors (Lipinski definition) is 2. The standard InChI is InChI=1S/C10H10N2O/c1-6-4-8(7-2-3-7)9(5-11)10(13)12-6/h4,7H,2-3H2,1H3,(H,12,13). The van der Waals surface area contributed by atoms with Crippen LogP contribution in [0.4, 0.5) is 0 Å². The maximum Gasteiger partial charge on any atom is 0.266 e. The van der Waals surface area contributed by atoms with Gasteiger partial charge < -0.3 is 4.98 Å². The zero-order valence-corrected chi connectivity index (χ0v) is 7.42. The van der Waals surface area contributed by atoms with Gasteiger partial charge in [0, 0.05) is 5.69 Å². The Morgan fingerprint density at radius 1 is 1.62 bits per heavy atom. The quantitative estimate of drug-likeness (QED) is 0.700. The summed E-state index contributed by atoms with van der Waals surface area (Å²) >= 11 is 0. The first-order valence-corrected chi connectivity index (χ1v) is 4.36. The van der Waals surface area contributed by atoms with Gasteiger partial charge in [0.25, 0.3) is 5.56 Å². The molecule has 1 heterocycles. The van der Waals surface area contributed by atoms with E-state index in [1.165, 1.54) is 0 Å². The number of nitrogens with zero attached hydrogens (tertiary/aromatic N) is 1. The summed E-state index contributed by atoms with van der Waals surface area (Å²) in [4.78, 5) is 14.0. The summed E-state index contributed by atoms with van der Waals surface area (Å²) < 4.78 is 0. The van der Waals surface area contributed by atoms with Gasteiger partial charge in [-0.1, -0.05) is 0 Å². The summed E-state index contributed by atoms with van der Waals surface area (Å²) in [6, 6.07) is 3.88. The van der Waals surface area contributed by atoms with Crippen molar-refractivity contribution in [3.63, 3.8) is 0 Å². The van der Waals surface area contributed by atoms with E-state index in [0.29, 0.717) is 11.5 Å². The van der Waals surface area contributed by atoms with Gasteiger partial charge in [-0.05, 0) is 37.3 Å². The zero-order chi connectivity index (χ0) is 9.42. The fourth-order valence-electron chi connectivity index (χ4n) is 1.55. The fourth-order valence-corrected chi connectivity index (χ4v) is 1.55. The van der Waals surface area contributed by atoms with Gasteiger partial charge in [0.1, 0.15) is 11.6 Å². The molecule has 3 nitrogen and oxygen atoms in total. The highest BCUT2D eigenvalue weighted by Gasteiger charge is 2.27. The SMILES string of the molecule is Cc1cc(C2CC2)c(C#N)c(=O)[nH]1. The smallest absolute Gasteiger partial charge is 0.266 e. The minimum absolute atomic E-state index is 0.246. The van der Waals surface area contributed by atoms with Crippen molar-refractivity contribution in [2.24, 2.45) is 0 Å². The lowest BCUT2D eigenvalue weighted by atomic mass is 10.1. The van der Waals surface area contributed by atoms with Gasteiger partial charge in [0.15, 0.2) is 0 Å². The van der Waals surface area contributed by atoms with E-state index in [1.54, 1.807) is 0 Å². The van der Waals surface area contributed by atoms with E-state index in [-0.39, 0.29) is 5.56 Å². The first-order chi connectivity index (χ1) is 6.22. The van der Waals surface area contributed by atoms with E-state index >= 15 is 0 Å². The Morgan fingerprint density at radius 3 is 2.85 bits per heavy atom. The molecule has 1 N–H and O–H groups in total. The van der Waals surface area contributed by atoms with Crippen LogP contribution in [0.1, 0.15) is 35.6 Å². The predicted molar refractivity (Wildman–Crippen MR) is 48.5 cm³/mol. The van der Waals surface area contributed by atoms with E-state index in [9.17, 15) is 4.79 Å². The normalized spacial score (nSPS) is 15.4. The van der Waals surface area contributed by atoms with E-state index in [4.69, 9.17) is 5.26 Å². The molecule has 0 saturated heterocycles. The van der Waals surface area contributed by atoms with Crippen molar-refractivity contribution >= 4 is 0 Å². The van der Waals surface area contributed by atoms with Crippen molar-refractivity contribution in [1.82, 2.24) is 4.98 Å². The van der Waals surface area contributed by atoms with Gasteiger partial charge in [-0.3, -0.25) is 4.79 Å². The molecule has 3 heteroatoms. The molecular weight excluding hydrogens is 164 g/mol. The topological polar surface area (TPSA) is 56.6 Å². The summed E-state index contributed by atoms with van der Waals surface area (Å²) in [7, 11) is 0. The second-order valence-corrected chi connectivity index (χ2v) is 3.50. The lowest BCUT2D eigenvalue weighted by molar-refractivity contribution is 1.04. The van der Waals surface area contributed by atoms with E-state index < -0.39 is 0 Å². The van der Waals surface area contributed by atoms with Crippen molar-refractivity contribution in [3.8, 4) is 6.07 Å². The van der Waals surface area contributed by atoms with E-state index in [1.807, 2.05) is 19.1 Å². The second kappa shape index (κ2) is 2.74. The number of pyridine rings is 1. The minimum Gasteiger partial charge on any atom is -0.325 e. The average molecular weight is 174 g/mol. The molecule has 1 saturated carbocycles. The monoisotopic (exact) mass is 174 g/mol. The van der Waals surface area contributed by atoms with E-state index in [2.05, 4.69) is 4.98 Å². The Hall–Kier alpha value is -1.56. The largest absolute Gasteiger partial charge is 0.325 e. The van der Waals surface area contributed by atoms with Gasteiger partial charge in [0.05, 0.1) is 0 Å². The average Bonchev–Trinajstić information content (AvgIpc) is 2.85. The molecule has 2 rings (SSSR count). The van der Waals surface area contributed by atoms with Gasteiger partial charge in [-0.25, -0.2) is 0 Å². The maximum absolute atomic E-state index is 11.3. The van der Waals surface area contributed by atoms with Crippen LogP contribution in [0.25, 0.3) is 0 Å². The van der Waals surface area contributed by atoms with Crippen LogP contribution in [0.2, 0.25) is 0 Å². The Morgan fingerprint density at radius 2 is 2.31 bits per heavy atom. The molecule has 0 unspecified atom stereocenters. The Kier molecular flexibility index (Phi) is 1.70. The number of H-pyrrole nitrogens is 1. The number of aromatic nitrogens is 1. The first kappa shape index (κ1) is 8.06. The van der Waals surface area contributed by atoms with Crippen LogP contribution in [0.15, 0.2) is 10.9 Å². The van der Waals surface area contributed by atoms with Crippen LogP contribution in [-0.2, 0) is 0 Å². The van der Waals surface area contributed by atoms with Crippen molar-refractivity contribution < 1.29 is 0 Å². The number of rotatable bonds is 1. The van der Waals surface area contributed by atoms with Gasteiger partial charge in [-0.15, -0.1) is 0 Å². The number of hydrogen-bond donors (Lipinski definition) is 1. The molecule has 1 aromatic heterocycles. The van der Waals surface area contributed by atoms with Gasteiger partial charge >= 0.3 is 0 Å². The van der Waals surface area contributed by atoms with Gasteiger partial charge in [-0.2, -0.15) is 5.26 Å². The number of aromatic amines is 1. The van der Waals surface area contributed by atoms with Crippen LogP contribution in [0, 0.1) is 18.3 Å². The third kappa shape index (κ3) is 1.35. The third-order valence-corrected chi connectivity index (χ3v) is 2.33. The van der Waals surface area contributed by atoms with Crippen molar-refractivity contribution in [3.05, 3.63) is 33.2 Å². The van der Waals surface area contributed by atoms with Crippen LogP contribution >= 0.6 is 0 Å². The molecule has 13 heavy (non-hydrogen) atoms. The van der Waals surface area contributed by atoms with Crippen LogP contribution in [-0.4, -0.2) is 4.98 Å². The molecule has 0 atom stereocenters. The molecule has 1 aliphatic rings. The maximum atomic E-state index is 11.3. The molecule has 1 aromatic rings. The van der Waals surface area contributed by atoms with E-state index in [0.717, 1.165) is 24.1 Å². The van der Waals surface area contributed by atoms with Crippen molar-refractivity contribution in [1.29, 1.82) is 5.26 Å². The highest BCUT2D eigenvalue weighted by molar-refractivity contribution is 5.40. The zero-order valence-electron chi connectivity index (χ0n) is 7.42. The Labute approximate surface area is 76.0 Å². The second-order valence-electron chi connectivity index (χ2n) is 3.50. The molecule has 0 amide bonds. The van der Waals surface area contributed by atoms with Gasteiger partial charge in [0.2, 0.25) is 0 Å². The first-order valence-electron chi connectivity index (χ1n) is 4.36. The molecule has 1 aliphatic carbocycles. The van der Waals surface area contributed by atoms with Crippen LogP contribution in [0.3, 0.4) is 0 Å². The molecule has 0 radical (unpaired) electrons.